The van der Waals surface area contributed by atoms with Crippen LogP contribution in [0.25, 0.3) is 0 Å². The standard InChI is InChI=1S/C24H50O3/c1-2-3-4-5-6-7-8-9-10-11-12-13-14-15-16-17-18-19-20-21-22-26-23-24-27-25/h25H,2-24H2,1H3. The summed E-state index contributed by atoms with van der Waals surface area (Å²) >= 11 is 0. The van der Waals surface area contributed by atoms with Crippen LogP contribution < -0.4 is 0 Å². The van der Waals surface area contributed by atoms with Gasteiger partial charge in [-0.1, -0.05) is 129 Å². The Morgan fingerprint density at radius 2 is 0.741 bits per heavy atom. The first-order chi connectivity index (χ1) is 13.4. The van der Waals surface area contributed by atoms with Gasteiger partial charge in [0, 0.05) is 6.61 Å². The highest BCUT2D eigenvalue weighted by atomic mass is 17.1. The van der Waals surface area contributed by atoms with Crippen molar-refractivity contribution in [2.24, 2.45) is 0 Å². The molecule has 0 spiro atoms. The van der Waals surface area contributed by atoms with Crippen molar-refractivity contribution < 1.29 is 14.9 Å². The molecule has 27 heavy (non-hydrogen) atoms. The van der Waals surface area contributed by atoms with Crippen LogP contribution in [0.1, 0.15) is 135 Å². The van der Waals surface area contributed by atoms with Crippen LogP contribution in [0.3, 0.4) is 0 Å². The summed E-state index contributed by atoms with van der Waals surface area (Å²) in [6, 6.07) is 0. The summed E-state index contributed by atoms with van der Waals surface area (Å²) in [6.45, 7) is 3.86. The number of unbranched alkanes of at least 4 members (excludes halogenated alkanes) is 19. The van der Waals surface area contributed by atoms with Crippen LogP contribution in [0.4, 0.5) is 0 Å². The van der Waals surface area contributed by atoms with Crippen LogP contribution in [0.15, 0.2) is 0 Å². The SMILES string of the molecule is CCCCCCCCCCCCCCCCCCCCCCOCCOO. The maximum absolute atomic E-state index is 8.16. The van der Waals surface area contributed by atoms with E-state index in [1.807, 2.05) is 0 Å². The van der Waals surface area contributed by atoms with E-state index in [4.69, 9.17) is 9.99 Å². The first-order valence-electron chi connectivity index (χ1n) is 12.3. The summed E-state index contributed by atoms with van der Waals surface area (Å²) in [5, 5.41) is 8.16. The lowest BCUT2D eigenvalue weighted by atomic mass is 10.0. The topological polar surface area (TPSA) is 38.7 Å². The Balaban J connectivity index is 2.95. The molecule has 0 saturated heterocycles. The fourth-order valence-electron chi connectivity index (χ4n) is 3.66. The zero-order valence-electron chi connectivity index (χ0n) is 18.5. The lowest BCUT2D eigenvalue weighted by Gasteiger charge is -2.04. The van der Waals surface area contributed by atoms with Gasteiger partial charge in [-0.15, -0.1) is 0 Å². The predicted molar refractivity (Wildman–Crippen MR) is 117 cm³/mol. The lowest BCUT2D eigenvalue weighted by molar-refractivity contribution is -0.249. The molecule has 1 N–H and O–H groups in total. The molecule has 0 amide bonds. The van der Waals surface area contributed by atoms with Crippen LogP contribution in [0, 0.1) is 0 Å². The zero-order valence-corrected chi connectivity index (χ0v) is 18.5. The monoisotopic (exact) mass is 386 g/mol. The second kappa shape index (κ2) is 25.9. The molecule has 3 nitrogen and oxygen atoms in total. The van der Waals surface area contributed by atoms with E-state index in [2.05, 4.69) is 11.8 Å². The molecule has 0 aromatic carbocycles. The lowest BCUT2D eigenvalue weighted by Crippen LogP contribution is -2.03. The first-order valence-corrected chi connectivity index (χ1v) is 12.3. The van der Waals surface area contributed by atoms with Crippen molar-refractivity contribution in [1.82, 2.24) is 0 Å². The van der Waals surface area contributed by atoms with Crippen molar-refractivity contribution in [2.75, 3.05) is 19.8 Å². The fourth-order valence-corrected chi connectivity index (χ4v) is 3.66. The minimum Gasteiger partial charge on any atom is -0.379 e. The van der Waals surface area contributed by atoms with Gasteiger partial charge in [-0.05, 0) is 6.42 Å². The third-order valence-corrected chi connectivity index (χ3v) is 5.46. The summed E-state index contributed by atoms with van der Waals surface area (Å²) in [6.07, 6.45) is 28.2. The Kier molecular flexibility index (Phi) is 25.8. The molecular formula is C24H50O3. The second-order valence-electron chi connectivity index (χ2n) is 8.16. The molecule has 0 atom stereocenters. The van der Waals surface area contributed by atoms with Crippen LogP contribution >= 0.6 is 0 Å². The van der Waals surface area contributed by atoms with E-state index in [9.17, 15) is 0 Å². The van der Waals surface area contributed by atoms with Crippen molar-refractivity contribution in [1.29, 1.82) is 0 Å². The largest absolute Gasteiger partial charge is 0.379 e. The minimum atomic E-state index is 0.277. The van der Waals surface area contributed by atoms with E-state index in [0.717, 1.165) is 13.0 Å². The molecule has 0 aromatic rings. The highest BCUT2D eigenvalue weighted by Crippen LogP contribution is 2.14. The quantitative estimate of drug-likeness (QED) is 0.103. The summed E-state index contributed by atoms with van der Waals surface area (Å²) in [4.78, 5) is 3.96. The van der Waals surface area contributed by atoms with Gasteiger partial charge in [0.15, 0.2) is 0 Å². The maximum Gasteiger partial charge on any atom is 0.105 e. The Morgan fingerprint density at radius 3 is 1.07 bits per heavy atom. The summed E-state index contributed by atoms with van der Waals surface area (Å²) in [5.41, 5.74) is 0. The normalized spacial score (nSPS) is 11.3. The van der Waals surface area contributed by atoms with E-state index in [1.54, 1.807) is 0 Å². The van der Waals surface area contributed by atoms with Gasteiger partial charge in [0.1, 0.15) is 6.61 Å². The highest BCUT2D eigenvalue weighted by Gasteiger charge is 1.95. The molecule has 3 heteroatoms. The minimum absolute atomic E-state index is 0.277. The molecule has 0 unspecified atom stereocenters. The average Bonchev–Trinajstić information content (AvgIpc) is 2.68. The van der Waals surface area contributed by atoms with Gasteiger partial charge in [-0.2, -0.15) is 0 Å². The summed E-state index contributed by atoms with van der Waals surface area (Å²) in [5.74, 6) is 0. The predicted octanol–water partition coefficient (Wildman–Crippen LogP) is 8.31. The van der Waals surface area contributed by atoms with Crippen LogP contribution in [-0.4, -0.2) is 25.1 Å². The van der Waals surface area contributed by atoms with Crippen LogP contribution in [0.5, 0.6) is 0 Å². The third kappa shape index (κ3) is 25.9. The molecule has 0 aliphatic carbocycles. The molecule has 0 heterocycles. The van der Waals surface area contributed by atoms with E-state index in [-0.39, 0.29) is 6.61 Å². The van der Waals surface area contributed by atoms with Gasteiger partial charge >= 0.3 is 0 Å². The third-order valence-electron chi connectivity index (χ3n) is 5.46. The molecule has 0 radical (unpaired) electrons. The molecule has 0 aliphatic heterocycles. The molecule has 0 bridgehead atoms. The molecule has 0 saturated carbocycles. The van der Waals surface area contributed by atoms with Gasteiger partial charge in [0.2, 0.25) is 0 Å². The Morgan fingerprint density at radius 1 is 0.407 bits per heavy atom. The summed E-state index contributed by atoms with van der Waals surface area (Å²) in [7, 11) is 0. The van der Waals surface area contributed by atoms with E-state index in [1.165, 1.54) is 122 Å². The molecule has 0 aromatic heterocycles. The smallest absolute Gasteiger partial charge is 0.105 e. The Labute approximate surface area is 170 Å². The number of ether oxygens (including phenoxy) is 1. The van der Waals surface area contributed by atoms with Crippen molar-refractivity contribution >= 4 is 0 Å². The maximum atomic E-state index is 8.16. The van der Waals surface area contributed by atoms with Crippen molar-refractivity contribution in [2.45, 2.75) is 135 Å². The van der Waals surface area contributed by atoms with E-state index in [0.29, 0.717) is 6.61 Å². The Bertz CT molecular complexity index is 222. The molecule has 164 valence electrons. The van der Waals surface area contributed by atoms with Gasteiger partial charge in [-0.25, -0.2) is 4.89 Å². The molecule has 0 rings (SSSR count). The number of rotatable bonds is 24. The van der Waals surface area contributed by atoms with Gasteiger partial charge in [-0.3, -0.25) is 5.26 Å². The van der Waals surface area contributed by atoms with E-state index >= 15 is 0 Å². The molecular weight excluding hydrogens is 336 g/mol. The molecule has 0 aliphatic rings. The zero-order chi connectivity index (χ0) is 19.7. The van der Waals surface area contributed by atoms with Gasteiger partial charge < -0.3 is 4.74 Å². The highest BCUT2D eigenvalue weighted by molar-refractivity contribution is 4.51. The molecule has 0 fully saturated rings. The van der Waals surface area contributed by atoms with Crippen molar-refractivity contribution in [3.8, 4) is 0 Å². The van der Waals surface area contributed by atoms with E-state index < -0.39 is 0 Å². The number of hydrogen-bond acceptors (Lipinski definition) is 3. The van der Waals surface area contributed by atoms with Crippen LogP contribution in [0.2, 0.25) is 0 Å². The Hall–Kier alpha value is -0.120. The van der Waals surface area contributed by atoms with Crippen LogP contribution in [-0.2, 0) is 9.62 Å². The first kappa shape index (κ1) is 26.9. The second-order valence-corrected chi connectivity index (χ2v) is 8.16. The van der Waals surface area contributed by atoms with Gasteiger partial charge in [0.25, 0.3) is 0 Å². The number of hydrogen-bond donors (Lipinski definition) is 1. The fraction of sp³-hybridized carbons (Fsp3) is 1.00. The average molecular weight is 387 g/mol. The van der Waals surface area contributed by atoms with Gasteiger partial charge in [0.05, 0.1) is 6.61 Å². The summed E-state index contributed by atoms with van der Waals surface area (Å²) < 4.78 is 5.33. The van der Waals surface area contributed by atoms with Crippen molar-refractivity contribution in [3.63, 3.8) is 0 Å². The van der Waals surface area contributed by atoms with Crippen molar-refractivity contribution in [3.05, 3.63) is 0 Å².